The zero-order chi connectivity index (χ0) is 36.3. The molecule has 8 aromatic carbocycles. The standard InChI is InChI=1S/C52H34N2O/c1-3-13-33(14-4-1)35-17-11-18-38(29-35)48-32-47(34-15-5-2-6-16-34)53-52(54-48)44-23-12-24-50-51(44)46-31-37(26-28-49(46)55-50)36-25-27-43-41-21-8-7-19-39(41)40-20-9-10-22-42(40)45(43)30-36/h1-15,17-32,34H,16H2. The van der Waals surface area contributed by atoms with Crippen LogP contribution in [0.25, 0.3) is 99.2 Å². The number of fused-ring (bicyclic) bond motifs is 9. The number of furan rings is 1. The van der Waals surface area contributed by atoms with Crippen molar-refractivity contribution < 1.29 is 4.42 Å². The molecule has 0 fully saturated rings. The largest absolute Gasteiger partial charge is 0.456 e. The minimum absolute atomic E-state index is 0.163. The topological polar surface area (TPSA) is 38.9 Å². The number of rotatable bonds is 5. The molecule has 3 heteroatoms. The van der Waals surface area contributed by atoms with Crippen molar-refractivity contribution in [3.05, 3.63) is 194 Å². The highest BCUT2D eigenvalue weighted by atomic mass is 16.3. The molecule has 0 radical (unpaired) electrons. The Labute approximate surface area is 318 Å². The van der Waals surface area contributed by atoms with Gasteiger partial charge in [-0.05, 0) is 97.4 Å². The van der Waals surface area contributed by atoms with Crippen LogP contribution in [-0.4, -0.2) is 9.97 Å². The van der Waals surface area contributed by atoms with Gasteiger partial charge >= 0.3 is 0 Å². The Balaban J connectivity index is 1.09. The van der Waals surface area contributed by atoms with Crippen molar-refractivity contribution in [2.75, 3.05) is 0 Å². The molecule has 0 spiro atoms. The van der Waals surface area contributed by atoms with E-state index in [4.69, 9.17) is 14.4 Å². The first-order chi connectivity index (χ1) is 27.2. The van der Waals surface area contributed by atoms with E-state index in [0.717, 1.165) is 67.6 Å². The third-order valence-corrected chi connectivity index (χ3v) is 11.2. The van der Waals surface area contributed by atoms with E-state index in [-0.39, 0.29) is 5.92 Å². The SMILES string of the molecule is C1=CCC(c2cc(-c3cccc(-c4ccccc4)c3)nc(-c3cccc4oc5ccc(-c6ccc7c8ccccc8c8ccccc8c7c6)cc5c34)n2)C=C1. The van der Waals surface area contributed by atoms with Crippen molar-refractivity contribution in [1.82, 2.24) is 9.97 Å². The fourth-order valence-electron chi connectivity index (χ4n) is 8.49. The van der Waals surface area contributed by atoms with Crippen LogP contribution in [0.4, 0.5) is 0 Å². The van der Waals surface area contributed by atoms with Crippen LogP contribution in [0.1, 0.15) is 18.0 Å². The Bertz CT molecular complexity index is 3150. The smallest absolute Gasteiger partial charge is 0.160 e. The summed E-state index contributed by atoms with van der Waals surface area (Å²) >= 11 is 0. The molecule has 258 valence electrons. The van der Waals surface area contributed by atoms with Crippen LogP contribution in [0.2, 0.25) is 0 Å². The number of allylic oxidation sites excluding steroid dienone is 4. The van der Waals surface area contributed by atoms with Crippen LogP contribution < -0.4 is 0 Å². The number of nitrogens with zero attached hydrogens (tertiary/aromatic N) is 2. The third-order valence-electron chi connectivity index (χ3n) is 11.2. The second-order valence-electron chi connectivity index (χ2n) is 14.4. The average molecular weight is 703 g/mol. The van der Waals surface area contributed by atoms with Crippen LogP contribution in [-0.2, 0) is 0 Å². The van der Waals surface area contributed by atoms with Crippen molar-refractivity contribution >= 4 is 54.3 Å². The minimum atomic E-state index is 0.163. The molecule has 0 aliphatic heterocycles. The minimum Gasteiger partial charge on any atom is -0.456 e. The van der Waals surface area contributed by atoms with Gasteiger partial charge in [-0.15, -0.1) is 0 Å². The number of aromatic nitrogens is 2. The highest BCUT2D eigenvalue weighted by molar-refractivity contribution is 6.25. The molecular formula is C52H34N2O. The summed E-state index contributed by atoms with van der Waals surface area (Å²) in [6.07, 6.45) is 9.59. The molecular weight excluding hydrogens is 669 g/mol. The Kier molecular flexibility index (Phi) is 7.31. The fraction of sp³-hybridized carbons (Fsp3) is 0.0385. The summed E-state index contributed by atoms with van der Waals surface area (Å²) in [7, 11) is 0. The summed E-state index contributed by atoms with van der Waals surface area (Å²) < 4.78 is 6.53. The summed E-state index contributed by atoms with van der Waals surface area (Å²) in [5.74, 6) is 0.860. The molecule has 0 bridgehead atoms. The van der Waals surface area contributed by atoms with E-state index < -0.39 is 0 Å². The van der Waals surface area contributed by atoms with E-state index in [0.29, 0.717) is 5.82 Å². The van der Waals surface area contributed by atoms with Gasteiger partial charge in [-0.2, -0.15) is 0 Å². The average Bonchev–Trinajstić information content (AvgIpc) is 3.65. The lowest BCUT2D eigenvalue weighted by atomic mass is 9.92. The predicted molar refractivity (Wildman–Crippen MR) is 229 cm³/mol. The molecule has 55 heavy (non-hydrogen) atoms. The van der Waals surface area contributed by atoms with Gasteiger partial charge in [0, 0.05) is 27.8 Å². The van der Waals surface area contributed by atoms with Gasteiger partial charge in [-0.25, -0.2) is 9.97 Å². The summed E-state index contributed by atoms with van der Waals surface area (Å²) in [6, 6.07) is 58.5. The first kappa shape index (κ1) is 31.4. The van der Waals surface area contributed by atoms with Crippen LogP contribution in [0, 0.1) is 0 Å². The molecule has 10 aromatic rings. The van der Waals surface area contributed by atoms with E-state index in [1.165, 1.54) is 37.9 Å². The lowest BCUT2D eigenvalue weighted by molar-refractivity contribution is 0.669. The predicted octanol–water partition coefficient (Wildman–Crippen LogP) is 14.1. The maximum atomic E-state index is 6.53. The van der Waals surface area contributed by atoms with Gasteiger partial charge in [0.1, 0.15) is 11.2 Å². The lowest BCUT2D eigenvalue weighted by Gasteiger charge is -2.16. The molecule has 0 amide bonds. The first-order valence-electron chi connectivity index (χ1n) is 18.9. The van der Waals surface area contributed by atoms with Gasteiger partial charge in [-0.1, -0.05) is 152 Å². The molecule has 0 saturated carbocycles. The Morgan fingerprint density at radius 1 is 0.436 bits per heavy atom. The van der Waals surface area contributed by atoms with E-state index >= 15 is 0 Å². The van der Waals surface area contributed by atoms with Gasteiger partial charge in [0.25, 0.3) is 0 Å². The van der Waals surface area contributed by atoms with Crippen molar-refractivity contribution in [3.8, 4) is 44.9 Å². The summed E-state index contributed by atoms with van der Waals surface area (Å²) in [5.41, 5.74) is 10.2. The third kappa shape index (κ3) is 5.35. The Hall–Kier alpha value is -7.10. The molecule has 0 N–H and O–H groups in total. The monoisotopic (exact) mass is 702 g/mol. The van der Waals surface area contributed by atoms with Crippen molar-refractivity contribution in [3.63, 3.8) is 0 Å². The normalized spacial score (nSPS) is 14.1. The maximum Gasteiger partial charge on any atom is 0.160 e. The van der Waals surface area contributed by atoms with Crippen LogP contribution >= 0.6 is 0 Å². The first-order valence-corrected chi connectivity index (χ1v) is 18.9. The molecule has 11 rings (SSSR count). The number of hydrogen-bond donors (Lipinski definition) is 0. The zero-order valence-electron chi connectivity index (χ0n) is 30.0. The maximum absolute atomic E-state index is 6.53. The highest BCUT2D eigenvalue weighted by Crippen LogP contribution is 2.41. The molecule has 3 nitrogen and oxygen atoms in total. The van der Waals surface area contributed by atoms with Crippen LogP contribution in [0.5, 0.6) is 0 Å². The quantitative estimate of drug-likeness (QED) is 0.168. The number of hydrogen-bond acceptors (Lipinski definition) is 3. The molecule has 0 saturated heterocycles. The van der Waals surface area contributed by atoms with E-state index in [2.05, 4.69) is 188 Å². The molecule has 1 aliphatic carbocycles. The lowest BCUT2D eigenvalue weighted by Crippen LogP contribution is -2.04. The molecule has 2 aromatic heterocycles. The summed E-state index contributed by atoms with van der Waals surface area (Å²) in [5, 5.41) is 9.69. The van der Waals surface area contributed by atoms with Crippen molar-refractivity contribution in [2.24, 2.45) is 0 Å². The zero-order valence-corrected chi connectivity index (χ0v) is 30.0. The van der Waals surface area contributed by atoms with E-state index in [1.807, 2.05) is 0 Å². The van der Waals surface area contributed by atoms with Gasteiger partial charge in [0.15, 0.2) is 5.82 Å². The number of benzene rings is 8. The molecule has 2 heterocycles. The second-order valence-corrected chi connectivity index (χ2v) is 14.4. The van der Waals surface area contributed by atoms with Crippen molar-refractivity contribution in [2.45, 2.75) is 12.3 Å². The van der Waals surface area contributed by atoms with E-state index in [1.54, 1.807) is 0 Å². The van der Waals surface area contributed by atoms with Gasteiger partial charge < -0.3 is 4.42 Å². The highest BCUT2D eigenvalue weighted by Gasteiger charge is 2.20. The van der Waals surface area contributed by atoms with Gasteiger partial charge in [0.2, 0.25) is 0 Å². The Morgan fingerprint density at radius 3 is 1.84 bits per heavy atom. The van der Waals surface area contributed by atoms with Gasteiger partial charge in [0.05, 0.1) is 11.4 Å². The Morgan fingerprint density at radius 2 is 1.07 bits per heavy atom. The summed E-state index contributed by atoms with van der Waals surface area (Å²) in [4.78, 5) is 10.6. The molecule has 1 aliphatic rings. The van der Waals surface area contributed by atoms with Crippen LogP contribution in [0.15, 0.2) is 193 Å². The van der Waals surface area contributed by atoms with E-state index in [9.17, 15) is 0 Å². The fourth-order valence-corrected chi connectivity index (χ4v) is 8.49. The molecule has 1 atom stereocenters. The summed E-state index contributed by atoms with van der Waals surface area (Å²) in [6.45, 7) is 0. The van der Waals surface area contributed by atoms with Crippen LogP contribution in [0.3, 0.4) is 0 Å². The van der Waals surface area contributed by atoms with Crippen molar-refractivity contribution in [1.29, 1.82) is 0 Å². The second kappa shape index (κ2) is 12.8. The van der Waals surface area contributed by atoms with Gasteiger partial charge in [-0.3, -0.25) is 0 Å². The molecule has 1 unspecified atom stereocenters.